The highest BCUT2D eigenvalue weighted by Gasteiger charge is 2.26. The lowest BCUT2D eigenvalue weighted by Crippen LogP contribution is -2.50. The van der Waals surface area contributed by atoms with Crippen LogP contribution in [0, 0.1) is 0 Å². The Hall–Kier alpha value is -0.910. The van der Waals surface area contributed by atoms with Crippen molar-refractivity contribution in [2.24, 2.45) is 0 Å². The molecule has 53 heavy (non-hydrogen) atoms. The number of aliphatic hydroxyl groups excluding tert-OH is 3. The number of carbonyl (C=O) groups is 1. The van der Waals surface area contributed by atoms with Gasteiger partial charge in [-0.05, 0) is 38.5 Å². The van der Waals surface area contributed by atoms with Crippen molar-refractivity contribution in [2.45, 2.75) is 283 Å². The van der Waals surface area contributed by atoms with Crippen molar-refractivity contribution in [3.63, 3.8) is 0 Å². The van der Waals surface area contributed by atoms with Gasteiger partial charge in [-0.25, -0.2) is 0 Å². The summed E-state index contributed by atoms with van der Waals surface area (Å²) < 4.78 is 0. The van der Waals surface area contributed by atoms with E-state index < -0.39 is 18.2 Å². The minimum Gasteiger partial charge on any atom is -0.394 e. The van der Waals surface area contributed by atoms with Crippen molar-refractivity contribution in [1.82, 2.24) is 5.32 Å². The number of carbonyl (C=O) groups excluding carboxylic acids is 1. The molecule has 3 unspecified atom stereocenters. The van der Waals surface area contributed by atoms with Gasteiger partial charge in [0.1, 0.15) is 6.10 Å². The standard InChI is InChI=1S/C48H95NO4/c1-3-5-7-9-11-13-14-15-16-17-18-19-20-21-22-23-24-25-26-27-28-29-30-31-32-33-35-37-39-41-43-47(52)49-45(44-50)48(53)46(51)42-40-38-36-34-12-10-8-6-4-2/h34,36,45-46,48,50-51,53H,3-33,35,37-44H2,1-2H3,(H,49,52)/b36-34+. The highest BCUT2D eigenvalue weighted by atomic mass is 16.3. The Morgan fingerprint density at radius 3 is 1.09 bits per heavy atom. The van der Waals surface area contributed by atoms with Crippen molar-refractivity contribution in [3.8, 4) is 0 Å². The van der Waals surface area contributed by atoms with Crippen LogP contribution >= 0.6 is 0 Å². The summed E-state index contributed by atoms with van der Waals surface area (Å²) in [6.07, 6.45) is 52.3. The first-order chi connectivity index (χ1) is 26.1. The monoisotopic (exact) mass is 750 g/mol. The number of nitrogens with one attached hydrogen (secondary N) is 1. The van der Waals surface area contributed by atoms with Gasteiger partial charge < -0.3 is 20.6 Å². The van der Waals surface area contributed by atoms with Gasteiger partial charge >= 0.3 is 0 Å². The Morgan fingerprint density at radius 2 is 0.755 bits per heavy atom. The van der Waals surface area contributed by atoms with Crippen LogP contribution in [0.2, 0.25) is 0 Å². The van der Waals surface area contributed by atoms with E-state index >= 15 is 0 Å². The van der Waals surface area contributed by atoms with E-state index in [4.69, 9.17) is 0 Å². The van der Waals surface area contributed by atoms with Crippen molar-refractivity contribution in [2.75, 3.05) is 6.61 Å². The SMILES string of the molecule is CCCCCC/C=C/CCCC(O)C(O)C(CO)NC(=O)CCCCCCCCCCCCCCCCCCCCCCCCCCCCCCCC. The lowest BCUT2D eigenvalue weighted by molar-refractivity contribution is -0.124. The Balaban J connectivity index is 3.44. The largest absolute Gasteiger partial charge is 0.394 e. The quantitative estimate of drug-likeness (QED) is 0.0369. The summed E-state index contributed by atoms with van der Waals surface area (Å²) in [6.45, 7) is 4.14. The van der Waals surface area contributed by atoms with Crippen molar-refractivity contribution < 1.29 is 20.1 Å². The van der Waals surface area contributed by atoms with E-state index in [9.17, 15) is 20.1 Å². The molecule has 316 valence electrons. The van der Waals surface area contributed by atoms with Crippen molar-refractivity contribution in [3.05, 3.63) is 12.2 Å². The number of unbranched alkanes of at least 4 members (excludes halogenated alkanes) is 34. The molecule has 1 amide bonds. The molecule has 3 atom stereocenters. The molecule has 0 aromatic heterocycles. The lowest BCUT2D eigenvalue weighted by atomic mass is 10.0. The molecule has 5 heteroatoms. The third-order valence-corrected chi connectivity index (χ3v) is 11.4. The molecule has 0 aliphatic carbocycles. The van der Waals surface area contributed by atoms with Crippen molar-refractivity contribution in [1.29, 1.82) is 0 Å². The molecule has 0 aromatic carbocycles. The average Bonchev–Trinajstić information content (AvgIpc) is 3.16. The summed E-state index contributed by atoms with van der Waals surface area (Å²) in [5.74, 6) is -0.151. The van der Waals surface area contributed by atoms with Crippen LogP contribution in [0.15, 0.2) is 12.2 Å². The molecule has 0 saturated heterocycles. The van der Waals surface area contributed by atoms with Crippen LogP contribution in [0.1, 0.15) is 264 Å². The normalized spacial score (nSPS) is 13.5. The number of allylic oxidation sites excluding steroid dienone is 2. The van der Waals surface area contributed by atoms with Gasteiger partial charge in [0, 0.05) is 6.42 Å². The third kappa shape index (κ3) is 39.1. The first-order valence-electron chi connectivity index (χ1n) is 24.0. The first kappa shape index (κ1) is 52.1. The summed E-state index contributed by atoms with van der Waals surface area (Å²) in [7, 11) is 0. The highest BCUT2D eigenvalue weighted by Crippen LogP contribution is 2.17. The van der Waals surface area contributed by atoms with Crippen LogP contribution in [-0.4, -0.2) is 46.1 Å². The van der Waals surface area contributed by atoms with Gasteiger partial charge in [0.2, 0.25) is 5.91 Å². The topological polar surface area (TPSA) is 89.8 Å². The molecule has 0 spiro atoms. The Labute approximate surface area is 331 Å². The predicted octanol–water partition coefficient (Wildman–Crippen LogP) is 14.0. The summed E-state index contributed by atoms with van der Waals surface area (Å²) in [6, 6.07) is -0.819. The second kappa shape index (κ2) is 43.8. The fourth-order valence-electron chi connectivity index (χ4n) is 7.63. The Kier molecular flexibility index (Phi) is 43.1. The van der Waals surface area contributed by atoms with E-state index in [1.807, 2.05) is 0 Å². The van der Waals surface area contributed by atoms with Gasteiger partial charge in [0.25, 0.3) is 0 Å². The smallest absolute Gasteiger partial charge is 0.220 e. The summed E-state index contributed by atoms with van der Waals surface area (Å²) >= 11 is 0. The van der Waals surface area contributed by atoms with Crippen LogP contribution < -0.4 is 5.32 Å². The molecule has 0 aromatic rings. The van der Waals surface area contributed by atoms with Gasteiger partial charge in [0.05, 0.1) is 18.8 Å². The summed E-state index contributed by atoms with van der Waals surface area (Å²) in [5.41, 5.74) is 0. The van der Waals surface area contributed by atoms with Crippen LogP contribution in [0.25, 0.3) is 0 Å². The van der Waals surface area contributed by atoms with Crippen LogP contribution in [0.4, 0.5) is 0 Å². The second-order valence-electron chi connectivity index (χ2n) is 16.7. The fourth-order valence-corrected chi connectivity index (χ4v) is 7.63. The maximum atomic E-state index is 12.4. The molecule has 0 heterocycles. The van der Waals surface area contributed by atoms with Gasteiger partial charge in [-0.3, -0.25) is 4.79 Å². The molecule has 0 bridgehead atoms. The molecule has 0 aliphatic rings. The molecule has 0 radical (unpaired) electrons. The molecule has 4 N–H and O–H groups in total. The molecular weight excluding hydrogens is 655 g/mol. The number of aliphatic hydroxyl groups is 3. The van der Waals surface area contributed by atoms with E-state index in [1.165, 1.54) is 199 Å². The molecule has 0 saturated carbocycles. The zero-order chi connectivity index (χ0) is 38.7. The maximum absolute atomic E-state index is 12.4. The number of hydrogen-bond acceptors (Lipinski definition) is 4. The average molecular weight is 750 g/mol. The lowest BCUT2D eigenvalue weighted by Gasteiger charge is -2.26. The van der Waals surface area contributed by atoms with E-state index in [-0.39, 0.29) is 12.5 Å². The zero-order valence-electron chi connectivity index (χ0n) is 35.9. The second-order valence-corrected chi connectivity index (χ2v) is 16.7. The van der Waals surface area contributed by atoms with E-state index in [0.29, 0.717) is 12.8 Å². The fraction of sp³-hybridized carbons (Fsp3) is 0.938. The summed E-state index contributed by atoms with van der Waals surface area (Å²) in [4.78, 5) is 12.4. The predicted molar refractivity (Wildman–Crippen MR) is 232 cm³/mol. The Bertz CT molecular complexity index is 743. The first-order valence-corrected chi connectivity index (χ1v) is 24.0. The van der Waals surface area contributed by atoms with Crippen molar-refractivity contribution >= 4 is 5.91 Å². The van der Waals surface area contributed by atoms with E-state index in [1.54, 1.807) is 0 Å². The number of rotatable bonds is 44. The maximum Gasteiger partial charge on any atom is 0.220 e. The molecular formula is C48H95NO4. The molecule has 0 rings (SSSR count). The Morgan fingerprint density at radius 1 is 0.453 bits per heavy atom. The van der Waals surface area contributed by atoms with E-state index in [0.717, 1.165) is 38.5 Å². The van der Waals surface area contributed by atoms with E-state index in [2.05, 4.69) is 31.3 Å². The minimum atomic E-state index is -1.15. The van der Waals surface area contributed by atoms with Gasteiger partial charge in [-0.1, -0.05) is 231 Å². The number of hydrogen-bond donors (Lipinski definition) is 4. The van der Waals surface area contributed by atoms with Gasteiger partial charge in [0.15, 0.2) is 0 Å². The highest BCUT2D eigenvalue weighted by molar-refractivity contribution is 5.76. The van der Waals surface area contributed by atoms with Crippen LogP contribution in [0.3, 0.4) is 0 Å². The zero-order valence-corrected chi connectivity index (χ0v) is 35.9. The van der Waals surface area contributed by atoms with Crippen LogP contribution in [0.5, 0.6) is 0 Å². The third-order valence-electron chi connectivity index (χ3n) is 11.4. The minimum absolute atomic E-state index is 0.151. The summed E-state index contributed by atoms with van der Waals surface area (Å²) in [5, 5.41) is 33.3. The molecule has 5 nitrogen and oxygen atoms in total. The van der Waals surface area contributed by atoms with Gasteiger partial charge in [-0.2, -0.15) is 0 Å². The van der Waals surface area contributed by atoms with Crippen LogP contribution in [-0.2, 0) is 4.79 Å². The van der Waals surface area contributed by atoms with Gasteiger partial charge in [-0.15, -0.1) is 0 Å². The number of amides is 1. The molecule has 0 aliphatic heterocycles. The molecule has 0 fully saturated rings.